The van der Waals surface area contributed by atoms with E-state index in [0.29, 0.717) is 11.9 Å². The quantitative estimate of drug-likeness (QED) is 0.896. The molecule has 0 atom stereocenters. The highest BCUT2D eigenvalue weighted by molar-refractivity contribution is 5.87. The molecule has 5 rings (SSSR count). The maximum atomic E-state index is 12.4. The van der Waals surface area contributed by atoms with Crippen molar-refractivity contribution in [2.24, 2.45) is 23.7 Å². The molecule has 0 aromatic carbocycles. The number of rotatable bonds is 2. The molecule has 108 valence electrons. The zero-order chi connectivity index (χ0) is 13.7. The summed E-state index contributed by atoms with van der Waals surface area (Å²) >= 11 is 0. The lowest BCUT2D eigenvalue weighted by Crippen LogP contribution is -2.57. The van der Waals surface area contributed by atoms with Crippen molar-refractivity contribution in [2.45, 2.75) is 38.1 Å². The van der Waals surface area contributed by atoms with Gasteiger partial charge in [0.2, 0.25) is 5.88 Å². The van der Waals surface area contributed by atoms with E-state index in [4.69, 9.17) is 4.42 Å². The Labute approximate surface area is 119 Å². The molecule has 2 amide bonds. The smallest absolute Gasteiger partial charge is 0.324 e. The molecule has 0 saturated heterocycles. The predicted molar refractivity (Wildman–Crippen MR) is 76.3 cm³/mol. The highest BCUT2D eigenvalue weighted by Crippen LogP contribution is 2.54. The number of anilines is 1. The second-order valence-corrected chi connectivity index (χ2v) is 6.94. The first-order chi connectivity index (χ1) is 9.70. The van der Waals surface area contributed by atoms with Crippen LogP contribution in [0.25, 0.3) is 0 Å². The van der Waals surface area contributed by atoms with Crippen molar-refractivity contribution in [3.63, 3.8) is 0 Å². The van der Waals surface area contributed by atoms with Crippen molar-refractivity contribution in [3.05, 3.63) is 18.4 Å². The number of nitrogens with zero attached hydrogens (tertiary/aromatic N) is 1. The Morgan fingerprint density at radius 3 is 2.40 bits per heavy atom. The summed E-state index contributed by atoms with van der Waals surface area (Å²) in [6, 6.07) is 3.97. The van der Waals surface area contributed by atoms with Crippen molar-refractivity contribution in [2.75, 3.05) is 12.4 Å². The Bertz CT molecular complexity index is 469. The highest BCUT2D eigenvalue weighted by Gasteiger charge is 2.50. The van der Waals surface area contributed by atoms with Crippen LogP contribution in [-0.4, -0.2) is 24.0 Å². The number of hydrogen-bond donors (Lipinski definition) is 1. The SMILES string of the molecule is CN(C(=O)Nc1ccco1)C1C2CC3CC(C2)CC1C3. The van der Waals surface area contributed by atoms with Gasteiger partial charge in [-0.2, -0.15) is 0 Å². The number of nitrogens with one attached hydrogen (secondary N) is 1. The van der Waals surface area contributed by atoms with E-state index in [9.17, 15) is 4.79 Å². The standard InChI is InChI=1S/C16H22N2O2/c1-18(16(19)17-14-3-2-4-20-14)15-12-6-10-5-11(8-12)9-13(15)7-10/h2-4,10-13,15H,5-9H2,1H3,(H,17,19). The molecule has 0 spiro atoms. The van der Waals surface area contributed by atoms with E-state index >= 15 is 0 Å². The molecule has 4 fully saturated rings. The van der Waals surface area contributed by atoms with Gasteiger partial charge in [-0.15, -0.1) is 0 Å². The Morgan fingerprint density at radius 1 is 1.20 bits per heavy atom. The molecule has 4 saturated carbocycles. The zero-order valence-electron chi connectivity index (χ0n) is 11.9. The van der Waals surface area contributed by atoms with Gasteiger partial charge in [0.1, 0.15) is 0 Å². The number of furan rings is 1. The molecule has 0 unspecified atom stereocenters. The Kier molecular flexibility index (Phi) is 2.79. The van der Waals surface area contributed by atoms with Crippen LogP contribution in [0.1, 0.15) is 32.1 Å². The normalized spacial score (nSPS) is 38.0. The molecule has 1 aromatic rings. The van der Waals surface area contributed by atoms with E-state index in [1.807, 2.05) is 11.9 Å². The van der Waals surface area contributed by atoms with Gasteiger partial charge in [0.15, 0.2) is 0 Å². The summed E-state index contributed by atoms with van der Waals surface area (Å²) in [5.74, 6) is 3.86. The van der Waals surface area contributed by atoms with E-state index in [1.54, 1.807) is 18.4 Å². The van der Waals surface area contributed by atoms with E-state index < -0.39 is 0 Å². The Balaban J connectivity index is 1.48. The van der Waals surface area contributed by atoms with Gasteiger partial charge in [-0.05, 0) is 61.8 Å². The molecule has 4 heteroatoms. The summed E-state index contributed by atoms with van der Waals surface area (Å²) in [7, 11) is 1.95. The summed E-state index contributed by atoms with van der Waals surface area (Å²) in [6.45, 7) is 0. The molecule has 4 aliphatic carbocycles. The Hall–Kier alpha value is -1.45. The van der Waals surface area contributed by atoms with E-state index in [-0.39, 0.29) is 6.03 Å². The number of hydrogen-bond acceptors (Lipinski definition) is 2. The third-order valence-corrected chi connectivity index (χ3v) is 5.70. The van der Waals surface area contributed by atoms with E-state index in [2.05, 4.69) is 5.32 Å². The van der Waals surface area contributed by atoms with Gasteiger partial charge in [0, 0.05) is 19.2 Å². The number of carbonyl (C=O) groups excluding carboxylic acids is 1. The molecule has 4 bridgehead atoms. The molecule has 0 aliphatic heterocycles. The summed E-state index contributed by atoms with van der Waals surface area (Å²) in [5.41, 5.74) is 0. The zero-order valence-corrected chi connectivity index (χ0v) is 11.9. The molecular weight excluding hydrogens is 252 g/mol. The lowest BCUT2D eigenvalue weighted by atomic mass is 9.54. The monoisotopic (exact) mass is 274 g/mol. The molecule has 4 aliphatic rings. The maximum Gasteiger partial charge on any atom is 0.324 e. The molecule has 20 heavy (non-hydrogen) atoms. The van der Waals surface area contributed by atoms with Crippen molar-refractivity contribution in [1.29, 1.82) is 0 Å². The van der Waals surface area contributed by atoms with Crippen LogP contribution in [0.3, 0.4) is 0 Å². The third-order valence-electron chi connectivity index (χ3n) is 5.70. The first-order valence-corrected chi connectivity index (χ1v) is 7.78. The van der Waals surface area contributed by atoms with Crippen molar-refractivity contribution in [1.82, 2.24) is 4.90 Å². The number of carbonyl (C=O) groups is 1. The van der Waals surface area contributed by atoms with Gasteiger partial charge >= 0.3 is 6.03 Å². The van der Waals surface area contributed by atoms with Crippen LogP contribution in [0.15, 0.2) is 22.8 Å². The van der Waals surface area contributed by atoms with Crippen LogP contribution in [-0.2, 0) is 0 Å². The lowest BCUT2D eigenvalue weighted by molar-refractivity contribution is -0.0434. The molecule has 4 nitrogen and oxygen atoms in total. The van der Waals surface area contributed by atoms with Crippen LogP contribution in [0.4, 0.5) is 10.7 Å². The van der Waals surface area contributed by atoms with Crippen LogP contribution >= 0.6 is 0 Å². The fourth-order valence-corrected chi connectivity index (χ4v) is 5.21. The summed E-state index contributed by atoms with van der Waals surface area (Å²) in [4.78, 5) is 14.3. The Morgan fingerprint density at radius 2 is 1.85 bits per heavy atom. The van der Waals surface area contributed by atoms with Gasteiger partial charge < -0.3 is 9.32 Å². The first kappa shape index (κ1) is 12.3. The van der Waals surface area contributed by atoms with Crippen LogP contribution in [0.5, 0.6) is 0 Å². The maximum absolute atomic E-state index is 12.4. The third kappa shape index (κ3) is 1.93. The fraction of sp³-hybridized carbons (Fsp3) is 0.688. The molecule has 1 aromatic heterocycles. The minimum absolute atomic E-state index is 0.0302. The molecule has 0 radical (unpaired) electrons. The van der Waals surface area contributed by atoms with Crippen molar-refractivity contribution < 1.29 is 9.21 Å². The van der Waals surface area contributed by atoms with Crippen LogP contribution in [0, 0.1) is 23.7 Å². The molecule has 1 N–H and O–H groups in total. The van der Waals surface area contributed by atoms with Crippen LogP contribution < -0.4 is 5.32 Å². The van der Waals surface area contributed by atoms with Gasteiger partial charge in [0.25, 0.3) is 0 Å². The van der Waals surface area contributed by atoms with Crippen LogP contribution in [0.2, 0.25) is 0 Å². The van der Waals surface area contributed by atoms with E-state index in [1.165, 1.54) is 32.1 Å². The van der Waals surface area contributed by atoms with Gasteiger partial charge in [-0.25, -0.2) is 4.79 Å². The van der Waals surface area contributed by atoms with Crippen molar-refractivity contribution >= 4 is 11.9 Å². The van der Waals surface area contributed by atoms with Gasteiger partial charge in [-0.1, -0.05) is 0 Å². The molecule has 1 heterocycles. The predicted octanol–water partition coefficient (Wildman–Crippen LogP) is 3.57. The van der Waals surface area contributed by atoms with E-state index in [0.717, 1.165) is 23.7 Å². The summed E-state index contributed by atoms with van der Waals surface area (Å²) in [6.07, 6.45) is 8.35. The lowest BCUT2D eigenvalue weighted by Gasteiger charge is -2.56. The first-order valence-electron chi connectivity index (χ1n) is 7.78. The molecular formula is C16H22N2O2. The fourth-order valence-electron chi connectivity index (χ4n) is 5.21. The van der Waals surface area contributed by atoms with Gasteiger partial charge in [0.05, 0.1) is 6.26 Å². The topological polar surface area (TPSA) is 45.5 Å². The minimum Gasteiger partial charge on any atom is -0.449 e. The second kappa shape index (κ2) is 4.54. The average Bonchev–Trinajstić information content (AvgIpc) is 2.90. The minimum atomic E-state index is -0.0302. The van der Waals surface area contributed by atoms with Gasteiger partial charge in [-0.3, -0.25) is 5.32 Å². The van der Waals surface area contributed by atoms with Crippen molar-refractivity contribution in [3.8, 4) is 0 Å². The largest absolute Gasteiger partial charge is 0.449 e. The average molecular weight is 274 g/mol. The number of urea groups is 1. The highest BCUT2D eigenvalue weighted by atomic mass is 16.3. The number of amides is 2. The summed E-state index contributed by atoms with van der Waals surface area (Å²) < 4.78 is 5.20. The summed E-state index contributed by atoms with van der Waals surface area (Å²) in [5, 5.41) is 2.85. The second-order valence-electron chi connectivity index (χ2n) is 6.94.